The summed E-state index contributed by atoms with van der Waals surface area (Å²) in [5.74, 6) is 1.70. The summed E-state index contributed by atoms with van der Waals surface area (Å²) in [7, 11) is 1.88. The zero-order valence-corrected chi connectivity index (χ0v) is 13.6. The standard InChI is InChI=1S/C17H18N6O/c1-9-13(8-23-17(22(9)2)19-20-21-23)16(24)18-15-12-7-10-5-3-4-6-11(10)14(12)15/h3-6,12,14-15H,7-8H2,1-2H3,(H,18,24)/t12-,14+,15-/m1/s1. The van der Waals surface area contributed by atoms with Crippen LogP contribution in [0.5, 0.6) is 0 Å². The van der Waals surface area contributed by atoms with E-state index in [1.165, 1.54) is 11.1 Å². The van der Waals surface area contributed by atoms with Crippen molar-refractivity contribution in [1.29, 1.82) is 0 Å². The number of carbonyl (C=O) groups is 1. The van der Waals surface area contributed by atoms with Gasteiger partial charge in [-0.1, -0.05) is 29.4 Å². The monoisotopic (exact) mass is 322 g/mol. The fourth-order valence-electron chi connectivity index (χ4n) is 4.18. The van der Waals surface area contributed by atoms with E-state index in [0.29, 0.717) is 24.3 Å². The number of hydrogen-bond acceptors (Lipinski definition) is 5. The molecule has 1 aromatic carbocycles. The van der Waals surface area contributed by atoms with Crippen LogP contribution in [0.3, 0.4) is 0 Å². The summed E-state index contributed by atoms with van der Waals surface area (Å²) in [6.07, 6.45) is 1.07. The number of nitrogens with zero attached hydrogens (tertiary/aromatic N) is 5. The number of tetrazole rings is 1. The van der Waals surface area contributed by atoms with Crippen LogP contribution < -0.4 is 10.2 Å². The van der Waals surface area contributed by atoms with Gasteiger partial charge in [0.25, 0.3) is 5.91 Å². The maximum Gasteiger partial charge on any atom is 0.251 e. The molecule has 0 bridgehead atoms. The number of nitrogens with one attached hydrogen (secondary N) is 1. The number of allylic oxidation sites excluding steroid dienone is 1. The highest BCUT2D eigenvalue weighted by atomic mass is 16.2. The summed E-state index contributed by atoms with van der Waals surface area (Å²) in [5.41, 5.74) is 4.47. The molecule has 1 N–H and O–H groups in total. The Bertz CT molecular complexity index is 885. The van der Waals surface area contributed by atoms with E-state index in [1.807, 2.05) is 18.9 Å². The molecular weight excluding hydrogens is 304 g/mol. The molecule has 7 heteroatoms. The van der Waals surface area contributed by atoms with E-state index in [1.54, 1.807) is 4.68 Å². The molecule has 0 saturated heterocycles. The summed E-state index contributed by atoms with van der Waals surface area (Å²) >= 11 is 0. The number of carbonyl (C=O) groups excluding carboxylic acids is 1. The fraction of sp³-hybridized carbons (Fsp3) is 0.412. The minimum atomic E-state index is -0.00242. The van der Waals surface area contributed by atoms with E-state index in [-0.39, 0.29) is 11.9 Å². The van der Waals surface area contributed by atoms with E-state index >= 15 is 0 Å². The van der Waals surface area contributed by atoms with Crippen LogP contribution in [0.4, 0.5) is 5.95 Å². The third kappa shape index (κ3) is 1.78. The lowest BCUT2D eigenvalue weighted by molar-refractivity contribution is -0.118. The van der Waals surface area contributed by atoms with E-state index < -0.39 is 0 Å². The Balaban J connectivity index is 1.35. The van der Waals surface area contributed by atoms with Gasteiger partial charge in [-0.25, -0.2) is 4.68 Å². The highest BCUT2D eigenvalue weighted by Crippen LogP contribution is 2.56. The van der Waals surface area contributed by atoms with Crippen LogP contribution in [0.2, 0.25) is 0 Å². The van der Waals surface area contributed by atoms with Crippen molar-refractivity contribution in [2.45, 2.75) is 31.8 Å². The normalized spacial score (nSPS) is 26.8. The molecule has 0 radical (unpaired) electrons. The Kier molecular flexibility index (Phi) is 2.66. The highest BCUT2D eigenvalue weighted by Gasteiger charge is 2.56. The molecule has 0 spiro atoms. The molecule has 7 nitrogen and oxygen atoms in total. The van der Waals surface area contributed by atoms with Crippen molar-refractivity contribution in [3.8, 4) is 0 Å². The van der Waals surface area contributed by atoms with Gasteiger partial charge in [-0.05, 0) is 40.8 Å². The van der Waals surface area contributed by atoms with Crippen LogP contribution in [0.15, 0.2) is 35.5 Å². The first-order valence-corrected chi connectivity index (χ1v) is 8.23. The number of fused-ring (bicyclic) bond motifs is 4. The van der Waals surface area contributed by atoms with Gasteiger partial charge in [-0.3, -0.25) is 4.79 Å². The van der Waals surface area contributed by atoms with E-state index in [0.717, 1.165) is 17.7 Å². The van der Waals surface area contributed by atoms with Crippen molar-refractivity contribution in [3.63, 3.8) is 0 Å². The first-order valence-electron chi connectivity index (χ1n) is 8.23. The first-order chi connectivity index (χ1) is 11.6. The first kappa shape index (κ1) is 13.7. The van der Waals surface area contributed by atoms with Gasteiger partial charge in [0.2, 0.25) is 5.95 Å². The maximum atomic E-state index is 12.8. The summed E-state index contributed by atoms with van der Waals surface area (Å²) < 4.78 is 1.66. The number of aromatic nitrogens is 4. The van der Waals surface area contributed by atoms with Gasteiger partial charge >= 0.3 is 0 Å². The lowest BCUT2D eigenvalue weighted by atomic mass is 10.0. The largest absolute Gasteiger partial charge is 0.349 e. The second-order valence-electron chi connectivity index (χ2n) is 6.85. The lowest BCUT2D eigenvalue weighted by Crippen LogP contribution is -2.37. The Morgan fingerprint density at radius 2 is 2.17 bits per heavy atom. The van der Waals surface area contributed by atoms with Crippen LogP contribution in [-0.4, -0.2) is 39.2 Å². The molecule has 122 valence electrons. The molecule has 1 aliphatic heterocycles. The molecule has 2 aliphatic carbocycles. The fourth-order valence-corrected chi connectivity index (χ4v) is 4.18. The Labute approximate surface area is 139 Å². The summed E-state index contributed by atoms with van der Waals surface area (Å²) in [6.45, 7) is 2.36. The molecule has 24 heavy (non-hydrogen) atoms. The maximum absolute atomic E-state index is 12.8. The molecule has 0 unspecified atom stereocenters. The SMILES string of the molecule is CC1=C(C(=O)N[C@@H]2[C@@H]3Cc4ccccc4[C@@H]32)Cn2nnnc2N1C. The predicted molar refractivity (Wildman–Crippen MR) is 87.2 cm³/mol. The van der Waals surface area contributed by atoms with Crippen molar-refractivity contribution < 1.29 is 4.79 Å². The third-order valence-corrected chi connectivity index (χ3v) is 5.67. The molecule has 2 heterocycles. The van der Waals surface area contributed by atoms with Gasteiger partial charge in [-0.15, -0.1) is 0 Å². The summed E-state index contributed by atoms with van der Waals surface area (Å²) in [4.78, 5) is 14.7. The quantitative estimate of drug-likeness (QED) is 0.887. The van der Waals surface area contributed by atoms with Gasteiger partial charge in [0.1, 0.15) is 0 Å². The molecule has 1 amide bonds. The number of benzene rings is 1. The molecule has 5 rings (SSSR count). The molecule has 1 saturated carbocycles. The van der Waals surface area contributed by atoms with Gasteiger partial charge in [0.15, 0.2) is 0 Å². The van der Waals surface area contributed by atoms with Crippen LogP contribution in [0, 0.1) is 5.92 Å². The highest BCUT2D eigenvalue weighted by molar-refractivity contribution is 5.95. The predicted octanol–water partition coefficient (Wildman–Crippen LogP) is 0.851. The van der Waals surface area contributed by atoms with Crippen LogP contribution in [0.1, 0.15) is 24.0 Å². The number of anilines is 1. The Morgan fingerprint density at radius 1 is 1.33 bits per heavy atom. The summed E-state index contributed by atoms with van der Waals surface area (Å²) in [6, 6.07) is 8.82. The summed E-state index contributed by atoms with van der Waals surface area (Å²) in [5, 5.41) is 14.9. The van der Waals surface area contributed by atoms with Crippen molar-refractivity contribution in [1.82, 2.24) is 25.5 Å². The molecule has 3 atom stereocenters. The number of hydrogen-bond donors (Lipinski definition) is 1. The topological polar surface area (TPSA) is 75.9 Å². The second-order valence-corrected chi connectivity index (χ2v) is 6.85. The molecule has 2 aromatic rings. The van der Waals surface area contributed by atoms with Crippen molar-refractivity contribution in [3.05, 3.63) is 46.7 Å². The average molecular weight is 322 g/mol. The Morgan fingerprint density at radius 3 is 3.04 bits per heavy atom. The average Bonchev–Trinajstić information content (AvgIpc) is 2.96. The van der Waals surface area contributed by atoms with E-state index in [2.05, 4.69) is 45.1 Å². The van der Waals surface area contributed by atoms with Crippen LogP contribution in [0.25, 0.3) is 0 Å². The van der Waals surface area contributed by atoms with Crippen molar-refractivity contribution in [2.24, 2.45) is 5.92 Å². The minimum Gasteiger partial charge on any atom is -0.349 e. The smallest absolute Gasteiger partial charge is 0.251 e. The van der Waals surface area contributed by atoms with Crippen molar-refractivity contribution in [2.75, 3.05) is 11.9 Å². The van der Waals surface area contributed by atoms with E-state index in [9.17, 15) is 4.79 Å². The van der Waals surface area contributed by atoms with E-state index in [4.69, 9.17) is 0 Å². The van der Waals surface area contributed by atoms with Crippen molar-refractivity contribution >= 4 is 11.9 Å². The van der Waals surface area contributed by atoms with Crippen LogP contribution >= 0.6 is 0 Å². The molecule has 1 fully saturated rings. The van der Waals surface area contributed by atoms with Gasteiger partial charge in [0, 0.05) is 24.7 Å². The molecule has 3 aliphatic rings. The lowest BCUT2D eigenvalue weighted by Gasteiger charge is -2.26. The number of amides is 1. The molecule has 1 aromatic heterocycles. The minimum absolute atomic E-state index is 0.00242. The Hall–Kier alpha value is -2.70. The van der Waals surface area contributed by atoms with Gasteiger partial charge in [-0.2, -0.15) is 0 Å². The molecular formula is C17H18N6O. The van der Waals surface area contributed by atoms with Gasteiger partial charge in [0.05, 0.1) is 12.1 Å². The zero-order valence-electron chi connectivity index (χ0n) is 13.6. The second kappa shape index (κ2) is 4.66. The number of rotatable bonds is 2. The van der Waals surface area contributed by atoms with Crippen LogP contribution in [-0.2, 0) is 17.8 Å². The third-order valence-electron chi connectivity index (χ3n) is 5.67. The van der Waals surface area contributed by atoms with Gasteiger partial charge < -0.3 is 10.2 Å². The zero-order chi connectivity index (χ0) is 16.4.